The van der Waals surface area contributed by atoms with Gasteiger partial charge >= 0.3 is 0 Å². The number of benzene rings is 1. The molecular formula is C22H21N3O4. The number of nitrogens with one attached hydrogen (secondary N) is 1. The van der Waals surface area contributed by atoms with Crippen molar-refractivity contribution in [1.29, 1.82) is 0 Å². The maximum atomic E-state index is 13.0. The van der Waals surface area contributed by atoms with Crippen molar-refractivity contribution < 1.29 is 18.5 Å². The van der Waals surface area contributed by atoms with E-state index in [0.717, 1.165) is 28.4 Å². The first-order valence-corrected chi connectivity index (χ1v) is 9.22. The number of rotatable bonds is 5. The van der Waals surface area contributed by atoms with Gasteiger partial charge in [-0.3, -0.25) is 4.79 Å². The average Bonchev–Trinajstić information content (AvgIpc) is 3.27. The van der Waals surface area contributed by atoms with E-state index in [4.69, 9.17) is 13.7 Å². The first-order chi connectivity index (χ1) is 14.0. The molecule has 0 aliphatic heterocycles. The molecule has 1 N–H and O–H groups in total. The van der Waals surface area contributed by atoms with Crippen LogP contribution < -0.4 is 10.1 Å². The molecule has 4 rings (SSSR count). The van der Waals surface area contributed by atoms with Crippen LogP contribution in [-0.4, -0.2) is 23.2 Å². The van der Waals surface area contributed by atoms with Crippen molar-refractivity contribution in [3.8, 4) is 17.0 Å². The molecule has 0 fully saturated rings. The van der Waals surface area contributed by atoms with Crippen LogP contribution in [-0.2, 0) is 6.54 Å². The van der Waals surface area contributed by atoms with Gasteiger partial charge in [0.05, 0.1) is 29.4 Å². The zero-order chi connectivity index (χ0) is 20.5. The number of furan rings is 1. The Bertz CT molecular complexity index is 1190. The molecule has 1 aromatic carbocycles. The Morgan fingerprint density at radius 2 is 1.90 bits per heavy atom. The van der Waals surface area contributed by atoms with Gasteiger partial charge in [0.25, 0.3) is 11.6 Å². The van der Waals surface area contributed by atoms with E-state index in [9.17, 15) is 4.79 Å². The molecule has 0 saturated heterocycles. The van der Waals surface area contributed by atoms with E-state index in [-0.39, 0.29) is 5.91 Å². The first kappa shape index (κ1) is 18.7. The molecule has 3 aromatic heterocycles. The number of methoxy groups -OCH3 is 1. The molecule has 0 aliphatic rings. The number of carbonyl (C=O) groups is 1. The lowest BCUT2D eigenvalue weighted by molar-refractivity contribution is 0.0952. The van der Waals surface area contributed by atoms with Crippen molar-refractivity contribution in [2.24, 2.45) is 0 Å². The third-order valence-corrected chi connectivity index (χ3v) is 4.79. The minimum absolute atomic E-state index is 0.223. The summed E-state index contributed by atoms with van der Waals surface area (Å²) in [5, 5.41) is 7.55. The lowest BCUT2D eigenvalue weighted by Gasteiger charge is -2.09. The van der Waals surface area contributed by atoms with Crippen molar-refractivity contribution in [3.05, 3.63) is 64.7 Å². The first-order valence-electron chi connectivity index (χ1n) is 9.22. The van der Waals surface area contributed by atoms with E-state index >= 15 is 0 Å². The molecule has 3 heterocycles. The van der Waals surface area contributed by atoms with Crippen LogP contribution in [0, 0.1) is 20.8 Å². The quantitative estimate of drug-likeness (QED) is 0.544. The summed E-state index contributed by atoms with van der Waals surface area (Å²) < 4.78 is 16.1. The number of aromatic nitrogens is 2. The third kappa shape index (κ3) is 3.59. The van der Waals surface area contributed by atoms with E-state index < -0.39 is 0 Å². The molecule has 7 heteroatoms. The number of amides is 1. The van der Waals surface area contributed by atoms with Crippen molar-refractivity contribution in [1.82, 2.24) is 15.5 Å². The van der Waals surface area contributed by atoms with Gasteiger partial charge in [-0.1, -0.05) is 17.3 Å². The molecule has 0 unspecified atom stereocenters. The molecule has 7 nitrogen and oxygen atoms in total. The number of pyridine rings is 1. The molecule has 0 aliphatic carbocycles. The predicted octanol–water partition coefficient (Wildman–Crippen LogP) is 4.35. The van der Waals surface area contributed by atoms with Gasteiger partial charge in [0.15, 0.2) is 0 Å². The Labute approximate surface area is 167 Å². The van der Waals surface area contributed by atoms with Crippen LogP contribution in [0.5, 0.6) is 5.75 Å². The second-order valence-corrected chi connectivity index (χ2v) is 6.86. The summed E-state index contributed by atoms with van der Waals surface area (Å²) in [6.07, 6.45) is 0. The molecule has 0 radical (unpaired) electrons. The molecule has 0 spiro atoms. The Morgan fingerprint density at radius 3 is 2.55 bits per heavy atom. The van der Waals surface area contributed by atoms with E-state index in [0.29, 0.717) is 34.6 Å². The van der Waals surface area contributed by atoms with Crippen LogP contribution in [0.25, 0.3) is 22.4 Å². The van der Waals surface area contributed by atoms with E-state index in [2.05, 4.69) is 15.5 Å². The highest BCUT2D eigenvalue weighted by Crippen LogP contribution is 2.30. The van der Waals surface area contributed by atoms with Gasteiger partial charge in [-0.25, -0.2) is 4.98 Å². The molecule has 1 amide bonds. The lowest BCUT2D eigenvalue weighted by atomic mass is 10.1. The van der Waals surface area contributed by atoms with Crippen LogP contribution in [0.3, 0.4) is 0 Å². The largest absolute Gasteiger partial charge is 0.497 e. The minimum Gasteiger partial charge on any atom is -0.497 e. The molecule has 0 bridgehead atoms. The van der Waals surface area contributed by atoms with Crippen molar-refractivity contribution >= 4 is 17.0 Å². The van der Waals surface area contributed by atoms with Gasteiger partial charge in [-0.2, -0.15) is 0 Å². The number of hydrogen-bond donors (Lipinski definition) is 1. The number of ether oxygens (including phenoxy) is 1. The van der Waals surface area contributed by atoms with Gasteiger partial charge in [-0.05, 0) is 50.6 Å². The summed E-state index contributed by atoms with van der Waals surface area (Å²) >= 11 is 0. The van der Waals surface area contributed by atoms with Gasteiger partial charge in [-0.15, -0.1) is 0 Å². The van der Waals surface area contributed by atoms with E-state index in [1.165, 1.54) is 0 Å². The fraction of sp³-hybridized carbons (Fsp3) is 0.227. The lowest BCUT2D eigenvalue weighted by Crippen LogP contribution is -2.23. The maximum Gasteiger partial charge on any atom is 0.259 e. The second-order valence-electron chi connectivity index (χ2n) is 6.86. The number of carbonyl (C=O) groups excluding carboxylic acids is 1. The van der Waals surface area contributed by atoms with Crippen LogP contribution in [0.15, 0.2) is 45.3 Å². The summed E-state index contributed by atoms with van der Waals surface area (Å²) in [5.41, 5.74) is 3.81. The Morgan fingerprint density at radius 1 is 1.14 bits per heavy atom. The molecule has 4 aromatic rings. The Balaban J connectivity index is 1.68. The monoisotopic (exact) mass is 391 g/mol. The fourth-order valence-corrected chi connectivity index (χ4v) is 3.32. The zero-order valence-corrected chi connectivity index (χ0v) is 16.7. The molecule has 0 saturated carbocycles. The number of hydrogen-bond acceptors (Lipinski definition) is 6. The van der Waals surface area contributed by atoms with Crippen molar-refractivity contribution in [3.63, 3.8) is 0 Å². The summed E-state index contributed by atoms with van der Waals surface area (Å²) in [6.45, 7) is 5.91. The highest BCUT2D eigenvalue weighted by atomic mass is 16.5. The molecular weight excluding hydrogens is 370 g/mol. The van der Waals surface area contributed by atoms with Crippen LogP contribution in [0.4, 0.5) is 0 Å². The van der Waals surface area contributed by atoms with Gasteiger partial charge in [0.1, 0.15) is 17.3 Å². The Kier molecular flexibility index (Phi) is 4.80. The highest BCUT2D eigenvalue weighted by Gasteiger charge is 2.21. The van der Waals surface area contributed by atoms with E-state index in [1.807, 2.05) is 44.2 Å². The summed E-state index contributed by atoms with van der Waals surface area (Å²) in [6, 6.07) is 11.2. The SMILES string of the molecule is COc1ccc(CNC(=O)c2cc(-c3cc(C)oc3C)nc3onc(C)c23)cc1. The topological polar surface area (TPSA) is 90.4 Å². The van der Waals surface area contributed by atoms with Crippen LogP contribution in [0.2, 0.25) is 0 Å². The predicted molar refractivity (Wildman–Crippen MR) is 108 cm³/mol. The van der Waals surface area contributed by atoms with Crippen molar-refractivity contribution in [2.45, 2.75) is 27.3 Å². The van der Waals surface area contributed by atoms with Gasteiger partial charge < -0.3 is 19.0 Å². The molecule has 148 valence electrons. The number of aryl methyl sites for hydroxylation is 3. The maximum absolute atomic E-state index is 13.0. The summed E-state index contributed by atoms with van der Waals surface area (Å²) in [7, 11) is 1.62. The number of nitrogens with zero attached hydrogens (tertiary/aromatic N) is 2. The van der Waals surface area contributed by atoms with Gasteiger partial charge in [0.2, 0.25) is 0 Å². The molecule has 0 atom stereocenters. The van der Waals surface area contributed by atoms with Gasteiger partial charge in [0, 0.05) is 12.1 Å². The standard InChI is InChI=1S/C22H21N3O4/c1-12-9-17(14(3)28-12)19-10-18(20-13(2)25-29-22(20)24-19)21(26)23-11-15-5-7-16(27-4)8-6-15/h5-10H,11H2,1-4H3,(H,23,26). The average molecular weight is 391 g/mol. The van der Waals surface area contributed by atoms with Crippen LogP contribution >= 0.6 is 0 Å². The normalized spacial score (nSPS) is 11.0. The van der Waals surface area contributed by atoms with E-state index in [1.54, 1.807) is 20.1 Å². The minimum atomic E-state index is -0.223. The molecule has 29 heavy (non-hydrogen) atoms. The fourth-order valence-electron chi connectivity index (χ4n) is 3.32. The number of fused-ring (bicyclic) bond motifs is 1. The zero-order valence-electron chi connectivity index (χ0n) is 16.7. The third-order valence-electron chi connectivity index (χ3n) is 4.79. The summed E-state index contributed by atoms with van der Waals surface area (Å²) in [4.78, 5) is 17.6. The van der Waals surface area contributed by atoms with Crippen molar-refractivity contribution in [2.75, 3.05) is 7.11 Å². The second kappa shape index (κ2) is 7.43. The Hall–Kier alpha value is -3.61. The smallest absolute Gasteiger partial charge is 0.259 e. The van der Waals surface area contributed by atoms with Crippen LogP contribution in [0.1, 0.15) is 33.1 Å². The highest BCUT2D eigenvalue weighted by molar-refractivity contribution is 6.07. The summed E-state index contributed by atoms with van der Waals surface area (Å²) in [5.74, 6) is 2.05.